The molecule has 102 valence electrons. The molecule has 2 nitrogen and oxygen atoms in total. The summed E-state index contributed by atoms with van der Waals surface area (Å²) >= 11 is 0. The van der Waals surface area contributed by atoms with Gasteiger partial charge in [-0.05, 0) is 47.5 Å². The lowest BCUT2D eigenvalue weighted by Gasteiger charge is -2.00. The van der Waals surface area contributed by atoms with E-state index < -0.39 is 11.6 Å². The normalized spacial score (nSPS) is 10.9. The second kappa shape index (κ2) is 6.10. The number of benzene rings is 2. The Balaban J connectivity index is 2.05. The maximum absolute atomic E-state index is 13.4. The minimum absolute atomic E-state index is 0.0527. The van der Waals surface area contributed by atoms with Crippen LogP contribution in [-0.4, -0.2) is 5.78 Å². The van der Waals surface area contributed by atoms with Crippen LogP contribution in [0.5, 0.6) is 0 Å². The van der Waals surface area contributed by atoms with Crippen molar-refractivity contribution in [1.29, 1.82) is 0 Å². The lowest BCUT2D eigenvalue weighted by atomic mass is 10.1. The van der Waals surface area contributed by atoms with Gasteiger partial charge < -0.3 is 5.73 Å². The number of hydrogen-bond acceptors (Lipinski definition) is 2. The van der Waals surface area contributed by atoms with Crippen molar-refractivity contribution >= 4 is 17.5 Å². The average molecular weight is 273 g/mol. The molecule has 20 heavy (non-hydrogen) atoms. The van der Waals surface area contributed by atoms with Crippen LogP contribution in [-0.2, 0) is 11.2 Å². The van der Waals surface area contributed by atoms with E-state index >= 15 is 0 Å². The molecular weight excluding hydrogens is 260 g/mol. The topological polar surface area (TPSA) is 43.1 Å². The SMILES string of the molecule is Nc1ccc(/C=C/C(=O)Cc2cc(F)ccc2F)cc1. The molecule has 0 saturated heterocycles. The Kier molecular flexibility index (Phi) is 4.25. The van der Waals surface area contributed by atoms with Crippen LogP contribution in [0.25, 0.3) is 6.08 Å². The molecule has 0 spiro atoms. The Morgan fingerprint density at radius 3 is 2.50 bits per heavy atom. The Hall–Kier alpha value is -2.49. The fraction of sp³-hybridized carbons (Fsp3) is 0.0625. The summed E-state index contributed by atoms with van der Waals surface area (Å²) in [6.45, 7) is 0. The molecule has 2 aromatic rings. The largest absolute Gasteiger partial charge is 0.399 e. The number of ketones is 1. The number of allylic oxidation sites excluding steroid dienone is 1. The number of carbonyl (C=O) groups is 1. The van der Waals surface area contributed by atoms with E-state index in [0.717, 1.165) is 23.8 Å². The van der Waals surface area contributed by atoms with E-state index in [1.165, 1.54) is 6.08 Å². The molecule has 2 N–H and O–H groups in total. The summed E-state index contributed by atoms with van der Waals surface area (Å²) in [4.78, 5) is 11.7. The third-order valence-electron chi connectivity index (χ3n) is 2.77. The predicted octanol–water partition coefficient (Wildman–Crippen LogP) is 3.37. The minimum Gasteiger partial charge on any atom is -0.399 e. The van der Waals surface area contributed by atoms with Crippen LogP contribution >= 0.6 is 0 Å². The Morgan fingerprint density at radius 1 is 1.10 bits per heavy atom. The zero-order valence-electron chi connectivity index (χ0n) is 10.6. The van der Waals surface area contributed by atoms with Gasteiger partial charge in [-0.25, -0.2) is 8.78 Å². The lowest BCUT2D eigenvalue weighted by molar-refractivity contribution is -0.114. The first kappa shape index (κ1) is 13.9. The van der Waals surface area contributed by atoms with Crippen LogP contribution in [0.3, 0.4) is 0 Å². The number of rotatable bonds is 4. The van der Waals surface area contributed by atoms with Gasteiger partial charge in [-0.15, -0.1) is 0 Å². The van der Waals surface area contributed by atoms with E-state index in [4.69, 9.17) is 5.73 Å². The van der Waals surface area contributed by atoms with Gasteiger partial charge in [-0.3, -0.25) is 4.79 Å². The monoisotopic (exact) mass is 273 g/mol. The Bertz CT molecular complexity index is 648. The second-order valence-corrected chi connectivity index (χ2v) is 4.38. The summed E-state index contributed by atoms with van der Waals surface area (Å²) in [5.41, 5.74) is 7.05. The van der Waals surface area contributed by atoms with Crippen molar-refractivity contribution in [2.24, 2.45) is 0 Å². The smallest absolute Gasteiger partial charge is 0.160 e. The van der Waals surface area contributed by atoms with Crippen LogP contribution in [0.1, 0.15) is 11.1 Å². The van der Waals surface area contributed by atoms with Crippen molar-refractivity contribution in [3.63, 3.8) is 0 Å². The van der Waals surface area contributed by atoms with Gasteiger partial charge in [0, 0.05) is 12.1 Å². The molecule has 0 aromatic heterocycles. The maximum Gasteiger partial charge on any atom is 0.160 e. The molecule has 2 aromatic carbocycles. The number of halogens is 2. The number of nitrogen functional groups attached to an aromatic ring is 1. The maximum atomic E-state index is 13.4. The van der Waals surface area contributed by atoms with E-state index in [2.05, 4.69) is 0 Å². The van der Waals surface area contributed by atoms with Gasteiger partial charge in [-0.2, -0.15) is 0 Å². The fourth-order valence-corrected chi connectivity index (χ4v) is 1.72. The average Bonchev–Trinajstić information content (AvgIpc) is 2.42. The van der Waals surface area contributed by atoms with E-state index in [9.17, 15) is 13.6 Å². The van der Waals surface area contributed by atoms with Crippen LogP contribution in [0.2, 0.25) is 0 Å². The van der Waals surface area contributed by atoms with Crippen LogP contribution in [0.15, 0.2) is 48.5 Å². The third-order valence-corrected chi connectivity index (χ3v) is 2.77. The highest BCUT2D eigenvalue weighted by Crippen LogP contribution is 2.12. The molecule has 0 aliphatic rings. The quantitative estimate of drug-likeness (QED) is 0.685. The van der Waals surface area contributed by atoms with E-state index in [1.807, 2.05) is 0 Å². The van der Waals surface area contributed by atoms with Crippen molar-refractivity contribution < 1.29 is 13.6 Å². The van der Waals surface area contributed by atoms with Gasteiger partial charge in [0.15, 0.2) is 5.78 Å². The number of carbonyl (C=O) groups excluding carboxylic acids is 1. The third kappa shape index (κ3) is 3.75. The van der Waals surface area contributed by atoms with Crippen molar-refractivity contribution in [1.82, 2.24) is 0 Å². The summed E-state index contributed by atoms with van der Waals surface area (Å²) < 4.78 is 26.4. The molecule has 0 aliphatic carbocycles. The van der Waals surface area contributed by atoms with Gasteiger partial charge >= 0.3 is 0 Å². The van der Waals surface area contributed by atoms with Gasteiger partial charge in [0.1, 0.15) is 11.6 Å². The summed E-state index contributed by atoms with van der Waals surface area (Å²) in [6.07, 6.45) is 2.78. The van der Waals surface area contributed by atoms with E-state index in [1.54, 1.807) is 30.3 Å². The molecule has 0 radical (unpaired) electrons. The van der Waals surface area contributed by atoms with Crippen LogP contribution < -0.4 is 5.73 Å². The number of nitrogens with two attached hydrogens (primary N) is 1. The first-order chi connectivity index (χ1) is 9.54. The molecule has 0 atom stereocenters. The molecule has 0 saturated carbocycles. The molecule has 0 amide bonds. The number of anilines is 1. The molecule has 0 bridgehead atoms. The van der Waals surface area contributed by atoms with Gasteiger partial charge in [-0.1, -0.05) is 18.2 Å². The molecule has 0 unspecified atom stereocenters. The molecule has 4 heteroatoms. The van der Waals surface area contributed by atoms with Crippen molar-refractivity contribution in [2.75, 3.05) is 5.73 Å². The summed E-state index contributed by atoms with van der Waals surface area (Å²) in [5, 5.41) is 0. The molecule has 2 rings (SSSR count). The summed E-state index contributed by atoms with van der Waals surface area (Å²) in [6, 6.07) is 10.0. The Labute approximate surface area is 115 Å². The van der Waals surface area contributed by atoms with E-state index in [0.29, 0.717) is 5.69 Å². The fourth-order valence-electron chi connectivity index (χ4n) is 1.72. The second-order valence-electron chi connectivity index (χ2n) is 4.38. The zero-order valence-corrected chi connectivity index (χ0v) is 10.6. The summed E-state index contributed by atoms with van der Waals surface area (Å²) in [5.74, 6) is -1.44. The molecule has 0 fully saturated rings. The first-order valence-electron chi connectivity index (χ1n) is 6.05. The molecular formula is C16H13F2NO. The molecule has 0 aliphatic heterocycles. The Morgan fingerprint density at radius 2 is 1.80 bits per heavy atom. The standard InChI is InChI=1S/C16H13F2NO/c17-13-4-8-16(18)12(9-13)10-15(20)7-3-11-1-5-14(19)6-2-11/h1-9H,10,19H2/b7-3+. The van der Waals surface area contributed by atoms with Crippen LogP contribution in [0, 0.1) is 11.6 Å². The van der Waals surface area contributed by atoms with Crippen molar-refractivity contribution in [3.05, 3.63) is 71.3 Å². The number of hydrogen-bond donors (Lipinski definition) is 1. The van der Waals surface area contributed by atoms with Gasteiger partial charge in [0.25, 0.3) is 0 Å². The summed E-state index contributed by atoms with van der Waals surface area (Å²) in [7, 11) is 0. The molecule has 0 heterocycles. The minimum atomic E-state index is -0.583. The van der Waals surface area contributed by atoms with Crippen LogP contribution in [0.4, 0.5) is 14.5 Å². The van der Waals surface area contributed by atoms with Gasteiger partial charge in [0.2, 0.25) is 0 Å². The van der Waals surface area contributed by atoms with E-state index in [-0.39, 0.29) is 17.8 Å². The zero-order chi connectivity index (χ0) is 14.5. The lowest BCUT2D eigenvalue weighted by Crippen LogP contribution is -2.01. The van der Waals surface area contributed by atoms with Gasteiger partial charge in [0.05, 0.1) is 0 Å². The predicted molar refractivity (Wildman–Crippen MR) is 75.0 cm³/mol. The highest BCUT2D eigenvalue weighted by molar-refractivity contribution is 5.95. The highest BCUT2D eigenvalue weighted by atomic mass is 19.1. The van der Waals surface area contributed by atoms with Crippen molar-refractivity contribution in [3.8, 4) is 0 Å². The highest BCUT2D eigenvalue weighted by Gasteiger charge is 2.07. The van der Waals surface area contributed by atoms with Crippen molar-refractivity contribution in [2.45, 2.75) is 6.42 Å². The first-order valence-corrected chi connectivity index (χ1v) is 6.05.